The first kappa shape index (κ1) is 10.5. The van der Waals surface area contributed by atoms with Gasteiger partial charge in [-0.3, -0.25) is 5.10 Å². The van der Waals surface area contributed by atoms with Crippen LogP contribution in [0.4, 0.5) is 11.4 Å². The van der Waals surface area contributed by atoms with Crippen molar-refractivity contribution < 1.29 is 0 Å². The Bertz CT molecular complexity index is 467. The molecule has 2 aromatic rings. The van der Waals surface area contributed by atoms with E-state index < -0.39 is 0 Å². The molecule has 0 aliphatic carbocycles. The topological polar surface area (TPSA) is 66.7 Å². The fraction of sp³-hybridized carbons (Fsp3) is 0.250. The number of nitrogens with zero attached hydrogens (tertiary/aromatic N) is 1. The summed E-state index contributed by atoms with van der Waals surface area (Å²) >= 11 is 0. The van der Waals surface area contributed by atoms with Crippen molar-refractivity contribution in [3.8, 4) is 0 Å². The van der Waals surface area contributed by atoms with E-state index in [2.05, 4.69) is 21.6 Å². The number of aryl methyl sites for hydroxylation is 2. The number of H-pyrrole nitrogens is 1. The molecule has 0 saturated carbocycles. The third kappa shape index (κ3) is 2.34. The molecule has 0 unspecified atom stereocenters. The third-order valence-corrected chi connectivity index (χ3v) is 2.52. The lowest BCUT2D eigenvalue weighted by atomic mass is 10.2. The Labute approximate surface area is 94.9 Å². The molecule has 1 heterocycles. The maximum Gasteiger partial charge on any atom is 0.0539 e. The number of nitrogens with one attached hydrogen (secondary N) is 2. The van der Waals surface area contributed by atoms with E-state index in [1.165, 1.54) is 5.56 Å². The number of aromatic nitrogens is 2. The van der Waals surface area contributed by atoms with Crippen molar-refractivity contribution in [3.63, 3.8) is 0 Å². The van der Waals surface area contributed by atoms with Crippen molar-refractivity contribution >= 4 is 11.4 Å². The Hall–Kier alpha value is -1.97. The Morgan fingerprint density at radius 2 is 2.12 bits per heavy atom. The fourth-order valence-electron chi connectivity index (χ4n) is 1.67. The molecule has 0 radical (unpaired) electrons. The summed E-state index contributed by atoms with van der Waals surface area (Å²) in [5, 5.41) is 10.2. The summed E-state index contributed by atoms with van der Waals surface area (Å²) in [7, 11) is 0. The molecule has 1 aromatic carbocycles. The number of anilines is 2. The van der Waals surface area contributed by atoms with Crippen LogP contribution in [0.1, 0.15) is 16.8 Å². The van der Waals surface area contributed by atoms with Crippen LogP contribution >= 0.6 is 0 Å². The van der Waals surface area contributed by atoms with Crippen LogP contribution in [0.25, 0.3) is 0 Å². The standard InChI is InChI=1S/C12H16N4/c1-8-3-11(13)5-12(4-8)14-6-10-7-15-16-9(10)2/h3-5,7,14H,6,13H2,1-2H3,(H,15,16). The molecular weight excluding hydrogens is 200 g/mol. The van der Waals surface area contributed by atoms with Crippen molar-refractivity contribution in [1.82, 2.24) is 10.2 Å². The van der Waals surface area contributed by atoms with E-state index in [0.29, 0.717) is 0 Å². The maximum atomic E-state index is 5.78. The van der Waals surface area contributed by atoms with Gasteiger partial charge in [-0.25, -0.2) is 0 Å². The monoisotopic (exact) mass is 216 g/mol. The molecule has 0 spiro atoms. The van der Waals surface area contributed by atoms with Crippen LogP contribution in [-0.4, -0.2) is 10.2 Å². The van der Waals surface area contributed by atoms with E-state index in [0.717, 1.165) is 29.2 Å². The van der Waals surface area contributed by atoms with E-state index in [1.807, 2.05) is 32.2 Å². The first-order valence-electron chi connectivity index (χ1n) is 5.25. The summed E-state index contributed by atoms with van der Waals surface area (Å²) in [5.41, 5.74) is 11.0. The van der Waals surface area contributed by atoms with E-state index in [-0.39, 0.29) is 0 Å². The summed E-state index contributed by atoms with van der Waals surface area (Å²) in [5.74, 6) is 0. The molecule has 0 atom stereocenters. The van der Waals surface area contributed by atoms with Crippen LogP contribution in [0, 0.1) is 13.8 Å². The van der Waals surface area contributed by atoms with Crippen molar-refractivity contribution in [3.05, 3.63) is 41.2 Å². The molecule has 4 heteroatoms. The number of nitrogen functional groups attached to an aromatic ring is 1. The van der Waals surface area contributed by atoms with Crippen LogP contribution < -0.4 is 11.1 Å². The number of benzene rings is 1. The van der Waals surface area contributed by atoms with Crippen LogP contribution in [0.5, 0.6) is 0 Å². The van der Waals surface area contributed by atoms with Crippen LogP contribution in [0.2, 0.25) is 0 Å². The largest absolute Gasteiger partial charge is 0.399 e. The lowest BCUT2D eigenvalue weighted by molar-refractivity contribution is 1.04. The van der Waals surface area contributed by atoms with Gasteiger partial charge in [-0.1, -0.05) is 0 Å². The molecule has 1 aromatic heterocycles. The fourth-order valence-corrected chi connectivity index (χ4v) is 1.67. The van der Waals surface area contributed by atoms with Gasteiger partial charge in [-0.15, -0.1) is 0 Å². The van der Waals surface area contributed by atoms with Gasteiger partial charge in [0, 0.05) is 29.2 Å². The van der Waals surface area contributed by atoms with Gasteiger partial charge in [0.2, 0.25) is 0 Å². The van der Waals surface area contributed by atoms with Gasteiger partial charge in [-0.05, 0) is 37.6 Å². The van der Waals surface area contributed by atoms with Crippen molar-refractivity contribution in [2.75, 3.05) is 11.1 Å². The second-order valence-corrected chi connectivity index (χ2v) is 4.01. The number of aromatic amines is 1. The molecule has 84 valence electrons. The van der Waals surface area contributed by atoms with E-state index in [1.54, 1.807) is 0 Å². The van der Waals surface area contributed by atoms with E-state index in [4.69, 9.17) is 5.73 Å². The molecule has 2 rings (SSSR count). The van der Waals surface area contributed by atoms with Gasteiger partial charge < -0.3 is 11.1 Å². The maximum absolute atomic E-state index is 5.78. The zero-order chi connectivity index (χ0) is 11.5. The Morgan fingerprint density at radius 3 is 2.75 bits per heavy atom. The first-order valence-corrected chi connectivity index (χ1v) is 5.25. The number of nitrogens with two attached hydrogens (primary N) is 1. The van der Waals surface area contributed by atoms with Crippen molar-refractivity contribution in [1.29, 1.82) is 0 Å². The average Bonchev–Trinajstić information content (AvgIpc) is 2.59. The Balaban J connectivity index is 2.07. The molecule has 0 aliphatic heterocycles. The molecule has 4 N–H and O–H groups in total. The zero-order valence-corrected chi connectivity index (χ0v) is 9.54. The quantitative estimate of drug-likeness (QED) is 0.689. The average molecular weight is 216 g/mol. The summed E-state index contributed by atoms with van der Waals surface area (Å²) in [4.78, 5) is 0. The van der Waals surface area contributed by atoms with Gasteiger partial charge in [0.15, 0.2) is 0 Å². The lowest BCUT2D eigenvalue weighted by Crippen LogP contribution is -2.01. The smallest absolute Gasteiger partial charge is 0.0539 e. The minimum absolute atomic E-state index is 0.755. The Kier molecular flexibility index (Phi) is 2.81. The normalized spacial score (nSPS) is 10.4. The highest BCUT2D eigenvalue weighted by molar-refractivity contribution is 5.56. The summed E-state index contributed by atoms with van der Waals surface area (Å²) in [6, 6.07) is 5.96. The highest BCUT2D eigenvalue weighted by atomic mass is 15.1. The van der Waals surface area contributed by atoms with E-state index >= 15 is 0 Å². The summed E-state index contributed by atoms with van der Waals surface area (Å²) in [6.07, 6.45) is 1.83. The molecule has 0 aliphatic rings. The van der Waals surface area contributed by atoms with Crippen LogP contribution in [0.15, 0.2) is 24.4 Å². The lowest BCUT2D eigenvalue weighted by Gasteiger charge is -2.07. The predicted molar refractivity (Wildman–Crippen MR) is 66.2 cm³/mol. The number of hydrogen-bond donors (Lipinski definition) is 3. The third-order valence-electron chi connectivity index (χ3n) is 2.52. The molecule has 0 bridgehead atoms. The summed E-state index contributed by atoms with van der Waals surface area (Å²) < 4.78 is 0. The molecule has 0 amide bonds. The first-order chi connectivity index (χ1) is 7.65. The van der Waals surface area contributed by atoms with Gasteiger partial charge in [-0.2, -0.15) is 5.10 Å². The highest BCUT2D eigenvalue weighted by Crippen LogP contribution is 2.17. The van der Waals surface area contributed by atoms with Crippen LogP contribution in [-0.2, 0) is 6.54 Å². The Morgan fingerprint density at radius 1 is 1.31 bits per heavy atom. The van der Waals surface area contributed by atoms with Crippen LogP contribution in [0.3, 0.4) is 0 Å². The minimum Gasteiger partial charge on any atom is -0.399 e. The van der Waals surface area contributed by atoms with Gasteiger partial charge in [0.25, 0.3) is 0 Å². The van der Waals surface area contributed by atoms with Gasteiger partial charge >= 0.3 is 0 Å². The molecule has 16 heavy (non-hydrogen) atoms. The van der Waals surface area contributed by atoms with E-state index in [9.17, 15) is 0 Å². The zero-order valence-electron chi connectivity index (χ0n) is 9.54. The minimum atomic E-state index is 0.755. The second kappa shape index (κ2) is 4.26. The molecule has 4 nitrogen and oxygen atoms in total. The molecule has 0 fully saturated rings. The highest BCUT2D eigenvalue weighted by Gasteiger charge is 2.00. The van der Waals surface area contributed by atoms with Gasteiger partial charge in [0.05, 0.1) is 6.20 Å². The predicted octanol–water partition coefficient (Wildman–Crippen LogP) is 2.22. The molecular formula is C12H16N4. The second-order valence-electron chi connectivity index (χ2n) is 4.01. The number of rotatable bonds is 3. The summed E-state index contributed by atoms with van der Waals surface area (Å²) in [6.45, 7) is 4.80. The number of hydrogen-bond acceptors (Lipinski definition) is 3. The molecule has 0 saturated heterocycles. The van der Waals surface area contributed by atoms with Gasteiger partial charge in [0.1, 0.15) is 0 Å². The SMILES string of the molecule is Cc1cc(N)cc(NCc2cn[nH]c2C)c1. The van der Waals surface area contributed by atoms with Crippen molar-refractivity contribution in [2.45, 2.75) is 20.4 Å². The van der Waals surface area contributed by atoms with Crippen molar-refractivity contribution in [2.24, 2.45) is 0 Å².